The Bertz CT molecular complexity index is 463. The Morgan fingerprint density at radius 2 is 2.06 bits per heavy atom. The van der Waals surface area contributed by atoms with Crippen molar-refractivity contribution in [1.29, 1.82) is 0 Å². The monoisotopic (exact) mass is 244 g/mol. The first-order valence-corrected chi connectivity index (χ1v) is 6.62. The molecule has 0 unspecified atom stereocenters. The molecule has 96 valence electrons. The average Bonchev–Trinajstić information content (AvgIpc) is 2.41. The highest BCUT2D eigenvalue weighted by molar-refractivity contribution is 5.73. The van der Waals surface area contributed by atoms with Gasteiger partial charge in [-0.1, -0.05) is 0 Å². The van der Waals surface area contributed by atoms with E-state index < -0.39 is 0 Å². The van der Waals surface area contributed by atoms with Gasteiger partial charge in [0.1, 0.15) is 0 Å². The van der Waals surface area contributed by atoms with Crippen LogP contribution in [0.25, 0.3) is 0 Å². The second kappa shape index (κ2) is 4.61. The lowest BCUT2D eigenvalue weighted by Crippen LogP contribution is -2.42. The summed E-state index contributed by atoms with van der Waals surface area (Å²) in [5.41, 5.74) is 2.41. The summed E-state index contributed by atoms with van der Waals surface area (Å²) in [6.45, 7) is 4.30. The van der Waals surface area contributed by atoms with E-state index in [-0.39, 0.29) is 0 Å². The van der Waals surface area contributed by atoms with Crippen molar-refractivity contribution in [3.8, 4) is 0 Å². The highest BCUT2D eigenvalue weighted by Gasteiger charge is 2.25. The summed E-state index contributed by atoms with van der Waals surface area (Å²) in [6.07, 6.45) is 8.62. The van der Waals surface area contributed by atoms with Gasteiger partial charge >= 0.3 is 0 Å². The zero-order valence-corrected chi connectivity index (χ0v) is 11.1. The molecular weight excluding hydrogens is 224 g/mol. The molecule has 3 rings (SSSR count). The van der Waals surface area contributed by atoms with Crippen LogP contribution in [0.2, 0.25) is 0 Å². The fourth-order valence-electron chi connectivity index (χ4n) is 2.71. The predicted molar refractivity (Wildman–Crippen MR) is 74.9 cm³/mol. The topological polar surface area (TPSA) is 31.4 Å². The fraction of sp³-hybridized carbons (Fsp3) is 0.500. The number of nitrogens with zero attached hydrogens (tertiary/aromatic N) is 3. The maximum absolute atomic E-state index is 4.64. The number of piperidine rings is 1. The minimum absolute atomic E-state index is 0.574. The first kappa shape index (κ1) is 11.5. The molecule has 0 bridgehead atoms. The molecule has 0 aromatic carbocycles. The third kappa shape index (κ3) is 1.97. The summed E-state index contributed by atoms with van der Waals surface area (Å²) in [5.74, 6) is 1.09. The third-order valence-corrected chi connectivity index (χ3v) is 3.76. The second-order valence-corrected chi connectivity index (χ2v) is 5.15. The van der Waals surface area contributed by atoms with Crippen LogP contribution in [0.3, 0.4) is 0 Å². The van der Waals surface area contributed by atoms with Crippen molar-refractivity contribution < 1.29 is 0 Å². The van der Waals surface area contributed by atoms with Gasteiger partial charge in [0.2, 0.25) is 0 Å². The van der Waals surface area contributed by atoms with Gasteiger partial charge < -0.3 is 15.1 Å². The van der Waals surface area contributed by atoms with Crippen molar-refractivity contribution in [1.82, 2.24) is 10.3 Å². The molecule has 4 nitrogen and oxygen atoms in total. The SMILES string of the molecule is Cc1cnc2c(c1)N(C)C=CN2C1CCNCC1. The first-order chi connectivity index (χ1) is 8.75. The van der Waals surface area contributed by atoms with Crippen LogP contribution in [0, 0.1) is 6.92 Å². The number of aromatic nitrogens is 1. The average molecular weight is 244 g/mol. The van der Waals surface area contributed by atoms with E-state index in [1.54, 1.807) is 0 Å². The molecule has 4 heteroatoms. The van der Waals surface area contributed by atoms with E-state index in [2.05, 4.69) is 52.5 Å². The van der Waals surface area contributed by atoms with E-state index in [1.807, 2.05) is 6.20 Å². The minimum Gasteiger partial charge on any atom is -0.347 e. The molecule has 0 atom stereocenters. The number of fused-ring (bicyclic) bond motifs is 1. The normalized spacial score (nSPS) is 20.1. The summed E-state index contributed by atoms with van der Waals surface area (Å²) in [6, 6.07) is 2.78. The molecule has 1 N–H and O–H groups in total. The Morgan fingerprint density at radius 3 is 2.83 bits per heavy atom. The standard InChI is InChI=1S/C14H20N4/c1-11-9-13-14(16-10-11)18(8-7-17(13)2)12-3-5-15-6-4-12/h7-10,12,15H,3-6H2,1-2H3. The highest BCUT2D eigenvalue weighted by atomic mass is 15.3. The Kier molecular flexibility index (Phi) is 2.96. The Balaban J connectivity index is 1.95. The van der Waals surface area contributed by atoms with Gasteiger partial charge in [-0.25, -0.2) is 4.98 Å². The van der Waals surface area contributed by atoms with Crippen molar-refractivity contribution >= 4 is 11.5 Å². The molecule has 2 aliphatic rings. The van der Waals surface area contributed by atoms with Crippen molar-refractivity contribution in [2.45, 2.75) is 25.8 Å². The Hall–Kier alpha value is -1.55. The van der Waals surface area contributed by atoms with Gasteiger partial charge in [-0.15, -0.1) is 0 Å². The molecule has 0 aliphatic carbocycles. The van der Waals surface area contributed by atoms with Gasteiger partial charge in [-0.2, -0.15) is 0 Å². The predicted octanol–water partition coefficient (Wildman–Crippen LogP) is 1.87. The molecule has 18 heavy (non-hydrogen) atoms. The van der Waals surface area contributed by atoms with Crippen LogP contribution in [-0.2, 0) is 0 Å². The molecule has 0 amide bonds. The number of pyridine rings is 1. The van der Waals surface area contributed by atoms with E-state index in [0.29, 0.717) is 6.04 Å². The van der Waals surface area contributed by atoms with Crippen molar-refractivity contribution in [2.75, 3.05) is 29.9 Å². The van der Waals surface area contributed by atoms with Crippen LogP contribution in [-0.4, -0.2) is 31.2 Å². The fourth-order valence-corrected chi connectivity index (χ4v) is 2.71. The summed E-state index contributed by atoms with van der Waals surface area (Å²) in [5, 5.41) is 3.41. The lowest BCUT2D eigenvalue weighted by atomic mass is 10.0. The molecule has 0 radical (unpaired) electrons. The molecular formula is C14H20N4. The van der Waals surface area contributed by atoms with E-state index in [1.165, 1.54) is 24.1 Å². The Morgan fingerprint density at radius 1 is 1.28 bits per heavy atom. The molecule has 1 aromatic rings. The minimum atomic E-state index is 0.574. The zero-order chi connectivity index (χ0) is 12.5. The third-order valence-electron chi connectivity index (χ3n) is 3.76. The molecule has 0 spiro atoms. The van der Waals surface area contributed by atoms with E-state index in [4.69, 9.17) is 0 Å². The summed E-state index contributed by atoms with van der Waals surface area (Å²) in [4.78, 5) is 9.13. The summed E-state index contributed by atoms with van der Waals surface area (Å²) < 4.78 is 0. The van der Waals surface area contributed by atoms with Gasteiger partial charge in [-0.3, -0.25) is 0 Å². The largest absolute Gasteiger partial charge is 0.347 e. The molecule has 0 saturated carbocycles. The van der Waals surface area contributed by atoms with Crippen LogP contribution in [0.1, 0.15) is 18.4 Å². The van der Waals surface area contributed by atoms with Crippen molar-refractivity contribution in [3.05, 3.63) is 30.2 Å². The van der Waals surface area contributed by atoms with Crippen LogP contribution in [0.5, 0.6) is 0 Å². The number of rotatable bonds is 1. The van der Waals surface area contributed by atoms with Crippen molar-refractivity contribution in [3.63, 3.8) is 0 Å². The lowest BCUT2D eigenvalue weighted by Gasteiger charge is -2.37. The quantitative estimate of drug-likeness (QED) is 0.817. The number of anilines is 2. The van der Waals surface area contributed by atoms with E-state index >= 15 is 0 Å². The highest BCUT2D eigenvalue weighted by Crippen LogP contribution is 2.34. The van der Waals surface area contributed by atoms with Gasteiger partial charge in [0.05, 0.1) is 5.69 Å². The van der Waals surface area contributed by atoms with Gasteiger partial charge in [-0.05, 0) is 44.5 Å². The zero-order valence-electron chi connectivity index (χ0n) is 11.1. The number of nitrogens with one attached hydrogen (secondary N) is 1. The lowest BCUT2D eigenvalue weighted by molar-refractivity contribution is 0.447. The maximum Gasteiger partial charge on any atom is 0.156 e. The summed E-state index contributed by atoms with van der Waals surface area (Å²) >= 11 is 0. The van der Waals surface area contributed by atoms with Crippen LogP contribution in [0.15, 0.2) is 24.7 Å². The van der Waals surface area contributed by atoms with E-state index in [0.717, 1.165) is 18.9 Å². The van der Waals surface area contributed by atoms with Gasteiger partial charge in [0.15, 0.2) is 5.82 Å². The first-order valence-electron chi connectivity index (χ1n) is 6.62. The maximum atomic E-state index is 4.64. The molecule has 1 saturated heterocycles. The molecule has 2 aliphatic heterocycles. The second-order valence-electron chi connectivity index (χ2n) is 5.15. The van der Waals surface area contributed by atoms with Gasteiger partial charge in [0, 0.05) is 31.7 Å². The summed E-state index contributed by atoms with van der Waals surface area (Å²) in [7, 11) is 2.08. The van der Waals surface area contributed by atoms with Crippen molar-refractivity contribution in [2.24, 2.45) is 0 Å². The smallest absolute Gasteiger partial charge is 0.156 e. The van der Waals surface area contributed by atoms with Crippen LogP contribution in [0.4, 0.5) is 11.5 Å². The number of hydrogen-bond donors (Lipinski definition) is 1. The molecule has 1 aromatic heterocycles. The van der Waals surface area contributed by atoms with E-state index in [9.17, 15) is 0 Å². The number of aryl methyl sites for hydroxylation is 1. The van der Waals surface area contributed by atoms with Gasteiger partial charge in [0.25, 0.3) is 0 Å². The molecule has 3 heterocycles. The number of hydrogen-bond acceptors (Lipinski definition) is 4. The molecule has 1 fully saturated rings. The van der Waals surface area contributed by atoms with Crippen LogP contribution < -0.4 is 15.1 Å². The Labute approximate surface area is 108 Å². The van der Waals surface area contributed by atoms with Crippen LogP contribution >= 0.6 is 0 Å².